The van der Waals surface area contributed by atoms with Gasteiger partial charge in [-0.2, -0.15) is 0 Å². The molecule has 0 aromatic heterocycles. The monoisotopic (exact) mass is 548 g/mol. The maximum absolute atomic E-state index is 14.4. The minimum Gasteiger partial charge on any atom is -0.492 e. The van der Waals surface area contributed by atoms with Crippen molar-refractivity contribution in [2.24, 2.45) is 0 Å². The van der Waals surface area contributed by atoms with Crippen LogP contribution >= 0.6 is 15.9 Å². The number of amides is 1. The van der Waals surface area contributed by atoms with E-state index in [1.165, 1.54) is 17.7 Å². The van der Waals surface area contributed by atoms with Gasteiger partial charge >= 0.3 is 0 Å². The number of nitrogens with one attached hydrogen (secondary N) is 1. The van der Waals surface area contributed by atoms with E-state index in [2.05, 4.69) is 28.2 Å². The highest BCUT2D eigenvalue weighted by atomic mass is 79.9. The van der Waals surface area contributed by atoms with Crippen LogP contribution in [0.15, 0.2) is 71.2 Å². The molecular formula is C25H26BrFN2O4S. The second-order valence-electron chi connectivity index (χ2n) is 7.66. The Bertz CT molecular complexity index is 1230. The van der Waals surface area contributed by atoms with Crippen LogP contribution in [0.1, 0.15) is 28.4 Å². The fourth-order valence-corrected chi connectivity index (χ4v) is 4.47. The van der Waals surface area contributed by atoms with Crippen molar-refractivity contribution in [1.82, 2.24) is 5.32 Å². The Kier molecular flexibility index (Phi) is 8.68. The molecule has 0 radical (unpaired) electrons. The summed E-state index contributed by atoms with van der Waals surface area (Å²) in [5.74, 6) is -0.178. The van der Waals surface area contributed by atoms with Crippen LogP contribution in [0.25, 0.3) is 0 Å². The summed E-state index contributed by atoms with van der Waals surface area (Å²) in [5, 5.41) is 2.79. The molecule has 0 fully saturated rings. The van der Waals surface area contributed by atoms with E-state index in [1.807, 2.05) is 24.3 Å². The van der Waals surface area contributed by atoms with E-state index in [4.69, 9.17) is 4.74 Å². The van der Waals surface area contributed by atoms with Gasteiger partial charge in [-0.25, -0.2) is 12.8 Å². The van der Waals surface area contributed by atoms with Gasteiger partial charge in [0.25, 0.3) is 5.91 Å². The number of sulfonamides is 1. The summed E-state index contributed by atoms with van der Waals surface area (Å²) < 4.78 is 46.1. The molecule has 1 amide bonds. The van der Waals surface area contributed by atoms with E-state index in [0.29, 0.717) is 28.8 Å². The molecule has 0 aliphatic rings. The molecule has 9 heteroatoms. The smallest absolute Gasteiger partial charge is 0.251 e. The van der Waals surface area contributed by atoms with E-state index in [1.54, 1.807) is 30.3 Å². The van der Waals surface area contributed by atoms with Crippen LogP contribution in [-0.2, 0) is 23.0 Å². The molecule has 0 saturated carbocycles. The molecule has 0 aliphatic carbocycles. The van der Waals surface area contributed by atoms with Crippen molar-refractivity contribution in [1.29, 1.82) is 0 Å². The molecular weight excluding hydrogens is 523 g/mol. The zero-order chi connectivity index (χ0) is 24.7. The second-order valence-corrected chi connectivity index (χ2v) is 10.5. The van der Waals surface area contributed by atoms with Crippen molar-refractivity contribution in [3.63, 3.8) is 0 Å². The minimum atomic E-state index is -3.74. The van der Waals surface area contributed by atoms with Gasteiger partial charge in [0.1, 0.15) is 18.2 Å². The average molecular weight is 549 g/mol. The van der Waals surface area contributed by atoms with Crippen LogP contribution in [0.2, 0.25) is 0 Å². The third-order valence-corrected chi connectivity index (χ3v) is 6.73. The maximum atomic E-state index is 14.4. The second kappa shape index (κ2) is 11.5. The van der Waals surface area contributed by atoms with Gasteiger partial charge < -0.3 is 10.1 Å². The lowest BCUT2D eigenvalue weighted by Gasteiger charge is -2.23. The Balaban J connectivity index is 1.57. The van der Waals surface area contributed by atoms with Crippen LogP contribution in [-0.4, -0.2) is 33.7 Å². The lowest BCUT2D eigenvalue weighted by Crippen LogP contribution is -2.30. The molecule has 34 heavy (non-hydrogen) atoms. The van der Waals surface area contributed by atoms with Gasteiger partial charge in [-0.15, -0.1) is 0 Å². The molecule has 6 nitrogen and oxygen atoms in total. The lowest BCUT2D eigenvalue weighted by atomic mass is 10.1. The number of hydrogen-bond acceptors (Lipinski definition) is 4. The van der Waals surface area contributed by atoms with Crippen molar-refractivity contribution in [2.45, 2.75) is 19.9 Å². The Hall–Kier alpha value is -2.91. The number of anilines is 1. The highest BCUT2D eigenvalue weighted by Gasteiger charge is 2.21. The SMILES string of the molecule is CCc1ccc(OCCNC(=O)c2ccc(CN(c3ccc(Br)cc3F)S(C)(=O)=O)cc2)cc1. The van der Waals surface area contributed by atoms with E-state index in [-0.39, 0.29) is 18.1 Å². The first-order valence-corrected chi connectivity index (χ1v) is 13.3. The number of ether oxygens (including phenoxy) is 1. The summed E-state index contributed by atoms with van der Waals surface area (Å²) >= 11 is 3.17. The van der Waals surface area contributed by atoms with Gasteiger partial charge in [0, 0.05) is 10.0 Å². The van der Waals surface area contributed by atoms with Gasteiger partial charge in [-0.3, -0.25) is 9.10 Å². The van der Waals surface area contributed by atoms with E-state index >= 15 is 0 Å². The molecule has 3 aromatic carbocycles. The van der Waals surface area contributed by atoms with Crippen molar-refractivity contribution >= 4 is 37.5 Å². The predicted molar refractivity (Wildman–Crippen MR) is 135 cm³/mol. The first kappa shape index (κ1) is 25.7. The molecule has 0 atom stereocenters. The van der Waals surface area contributed by atoms with Crippen molar-refractivity contribution in [3.8, 4) is 5.75 Å². The first-order chi connectivity index (χ1) is 16.2. The molecule has 1 N–H and O–H groups in total. The van der Waals surface area contributed by atoms with Crippen LogP contribution in [0.5, 0.6) is 5.75 Å². The topological polar surface area (TPSA) is 75.7 Å². The Morgan fingerprint density at radius 2 is 1.68 bits per heavy atom. The van der Waals surface area contributed by atoms with Gasteiger partial charge in [0.2, 0.25) is 10.0 Å². The van der Waals surface area contributed by atoms with E-state index in [0.717, 1.165) is 22.7 Å². The number of rotatable bonds is 10. The maximum Gasteiger partial charge on any atom is 0.251 e. The minimum absolute atomic E-state index is 0.0446. The normalized spacial score (nSPS) is 11.2. The van der Waals surface area contributed by atoms with Crippen LogP contribution in [0.4, 0.5) is 10.1 Å². The molecule has 0 aliphatic heterocycles. The molecule has 0 spiro atoms. The Morgan fingerprint density at radius 3 is 2.26 bits per heavy atom. The van der Waals surface area contributed by atoms with E-state index < -0.39 is 15.8 Å². The number of halogens is 2. The lowest BCUT2D eigenvalue weighted by molar-refractivity contribution is 0.0947. The van der Waals surface area contributed by atoms with Crippen LogP contribution in [0, 0.1) is 5.82 Å². The quantitative estimate of drug-likeness (QED) is 0.364. The standard InChI is InChI=1S/C25H26BrFN2O4S/c1-3-18-6-11-22(12-7-18)33-15-14-28-25(30)20-8-4-19(5-9-20)17-29(34(2,31)32)24-13-10-21(26)16-23(24)27/h4-13,16H,3,14-15,17H2,1-2H3,(H,28,30). The third kappa shape index (κ3) is 7.04. The fraction of sp³-hybridized carbons (Fsp3) is 0.240. The summed E-state index contributed by atoms with van der Waals surface area (Å²) in [6.07, 6.45) is 1.99. The summed E-state index contributed by atoms with van der Waals surface area (Å²) in [5.41, 5.74) is 2.22. The van der Waals surface area contributed by atoms with Crippen molar-refractivity contribution < 1.29 is 22.3 Å². The summed E-state index contributed by atoms with van der Waals surface area (Å²) in [7, 11) is -3.74. The number of benzene rings is 3. The molecule has 180 valence electrons. The number of hydrogen-bond donors (Lipinski definition) is 1. The van der Waals surface area contributed by atoms with Crippen LogP contribution in [0.3, 0.4) is 0 Å². The fourth-order valence-electron chi connectivity index (χ4n) is 3.25. The van der Waals surface area contributed by atoms with Crippen molar-refractivity contribution in [2.75, 3.05) is 23.7 Å². The number of aryl methyl sites for hydroxylation is 1. The molecule has 3 aromatic rings. The van der Waals surface area contributed by atoms with Gasteiger partial charge in [0.15, 0.2) is 0 Å². The van der Waals surface area contributed by atoms with Crippen molar-refractivity contribution in [3.05, 3.63) is 93.7 Å². The first-order valence-electron chi connectivity index (χ1n) is 10.7. The highest BCUT2D eigenvalue weighted by Crippen LogP contribution is 2.27. The highest BCUT2D eigenvalue weighted by molar-refractivity contribution is 9.10. The number of nitrogens with zero attached hydrogens (tertiary/aromatic N) is 1. The third-order valence-electron chi connectivity index (χ3n) is 5.11. The summed E-state index contributed by atoms with van der Waals surface area (Å²) in [6, 6.07) is 18.5. The average Bonchev–Trinajstić information content (AvgIpc) is 2.81. The molecule has 0 bridgehead atoms. The summed E-state index contributed by atoms with van der Waals surface area (Å²) in [4.78, 5) is 12.4. The molecule has 0 heterocycles. The van der Waals surface area contributed by atoms with Crippen LogP contribution < -0.4 is 14.4 Å². The number of carbonyl (C=O) groups excluding carboxylic acids is 1. The zero-order valence-corrected chi connectivity index (χ0v) is 21.3. The molecule has 0 unspecified atom stereocenters. The van der Waals surface area contributed by atoms with Gasteiger partial charge in [-0.1, -0.05) is 47.1 Å². The molecule has 3 rings (SSSR count). The Labute approximate surface area is 207 Å². The largest absolute Gasteiger partial charge is 0.492 e. The summed E-state index contributed by atoms with van der Waals surface area (Å²) in [6.45, 7) is 2.68. The van der Waals surface area contributed by atoms with Gasteiger partial charge in [0.05, 0.1) is 25.0 Å². The Morgan fingerprint density at radius 1 is 1.03 bits per heavy atom. The van der Waals surface area contributed by atoms with E-state index in [9.17, 15) is 17.6 Å². The molecule has 0 saturated heterocycles. The number of carbonyl (C=O) groups is 1. The zero-order valence-electron chi connectivity index (χ0n) is 18.9. The predicted octanol–water partition coefficient (Wildman–Crippen LogP) is 4.93. The van der Waals surface area contributed by atoms with Gasteiger partial charge in [-0.05, 0) is 60.0 Å².